The third-order valence-corrected chi connectivity index (χ3v) is 2.47. The summed E-state index contributed by atoms with van der Waals surface area (Å²) in [6.45, 7) is 3.81. The van der Waals surface area contributed by atoms with E-state index >= 15 is 0 Å². The fourth-order valence-corrected chi connectivity index (χ4v) is 1.59. The number of carbonyl (C=O) groups is 1. The van der Waals surface area contributed by atoms with E-state index in [1.54, 1.807) is 0 Å². The van der Waals surface area contributed by atoms with Crippen LogP contribution in [0, 0.1) is 0 Å². The quantitative estimate of drug-likeness (QED) is 0.341. The van der Waals surface area contributed by atoms with E-state index in [0.717, 1.165) is 31.4 Å². The van der Waals surface area contributed by atoms with E-state index in [0.29, 0.717) is 6.61 Å². The highest BCUT2D eigenvalue weighted by Crippen LogP contribution is 2.10. The molecule has 0 fully saturated rings. The van der Waals surface area contributed by atoms with Crippen molar-refractivity contribution in [1.82, 2.24) is 0 Å². The number of hydrogen-bond acceptors (Lipinski definition) is 3. The number of carbonyl (C=O) groups excluding carboxylic acids is 1. The monoisotopic (exact) mass is 233 g/mol. The van der Waals surface area contributed by atoms with Gasteiger partial charge in [-0.15, -0.1) is 0 Å². The highest BCUT2D eigenvalue weighted by atomic mass is 16.5. The molecule has 0 aliphatic heterocycles. The summed E-state index contributed by atoms with van der Waals surface area (Å²) in [6.07, 6.45) is 5.21. The van der Waals surface area contributed by atoms with Crippen LogP contribution in [0.15, 0.2) is 36.9 Å². The molecule has 0 spiro atoms. The first-order valence-electron chi connectivity index (χ1n) is 5.86. The summed E-state index contributed by atoms with van der Waals surface area (Å²) in [4.78, 5) is 10.7. The van der Waals surface area contributed by atoms with Crippen LogP contribution in [0.5, 0.6) is 0 Å². The van der Waals surface area contributed by atoms with Crippen molar-refractivity contribution in [2.75, 3.05) is 12.3 Å². The van der Waals surface area contributed by atoms with E-state index in [4.69, 9.17) is 10.5 Å². The van der Waals surface area contributed by atoms with Gasteiger partial charge in [0.1, 0.15) is 0 Å². The van der Waals surface area contributed by atoms with E-state index < -0.39 is 0 Å². The molecule has 0 aliphatic rings. The van der Waals surface area contributed by atoms with Gasteiger partial charge < -0.3 is 10.5 Å². The van der Waals surface area contributed by atoms with E-state index in [9.17, 15) is 4.79 Å². The zero-order chi connectivity index (χ0) is 12.5. The zero-order valence-electron chi connectivity index (χ0n) is 10.0. The van der Waals surface area contributed by atoms with Crippen molar-refractivity contribution in [3.05, 3.63) is 42.5 Å². The first kappa shape index (κ1) is 13.3. The first-order chi connectivity index (χ1) is 8.22. The third kappa shape index (κ3) is 5.76. The number of unbranched alkanes of at least 4 members (excludes halogenated alkanes) is 2. The van der Waals surface area contributed by atoms with Crippen LogP contribution >= 0.6 is 0 Å². The Morgan fingerprint density at radius 3 is 2.88 bits per heavy atom. The van der Waals surface area contributed by atoms with Crippen LogP contribution < -0.4 is 5.73 Å². The van der Waals surface area contributed by atoms with Gasteiger partial charge in [-0.05, 0) is 43.4 Å². The minimum Gasteiger partial charge on any atom is -0.463 e. The van der Waals surface area contributed by atoms with Crippen molar-refractivity contribution in [2.24, 2.45) is 0 Å². The number of rotatable bonds is 7. The summed E-state index contributed by atoms with van der Waals surface area (Å²) >= 11 is 0. The Morgan fingerprint density at radius 1 is 1.35 bits per heavy atom. The lowest BCUT2D eigenvalue weighted by Crippen LogP contribution is -2.01. The number of nitrogen functional groups attached to an aromatic ring is 1. The Bertz CT molecular complexity index is 374. The van der Waals surface area contributed by atoms with E-state index in [1.165, 1.54) is 11.6 Å². The molecule has 0 amide bonds. The van der Waals surface area contributed by atoms with Crippen LogP contribution in [0.25, 0.3) is 0 Å². The molecule has 0 saturated carbocycles. The molecule has 92 valence electrons. The van der Waals surface area contributed by atoms with Gasteiger partial charge in [0.2, 0.25) is 0 Å². The molecule has 1 rings (SSSR count). The highest BCUT2D eigenvalue weighted by Gasteiger charge is 1.97. The number of ether oxygens (including phenoxy) is 1. The number of esters is 1. The molecular formula is C14H19NO2. The summed E-state index contributed by atoms with van der Waals surface area (Å²) < 4.78 is 4.89. The normalized spacial score (nSPS) is 9.88. The number of hydrogen-bond donors (Lipinski definition) is 1. The lowest BCUT2D eigenvalue weighted by Gasteiger charge is -2.03. The number of nitrogens with two attached hydrogens (primary N) is 1. The van der Waals surface area contributed by atoms with Crippen LogP contribution in [0.1, 0.15) is 24.8 Å². The summed E-state index contributed by atoms with van der Waals surface area (Å²) in [5, 5.41) is 0. The Kier molecular flexibility index (Phi) is 5.86. The molecule has 0 heterocycles. The van der Waals surface area contributed by atoms with Gasteiger partial charge >= 0.3 is 5.97 Å². The van der Waals surface area contributed by atoms with E-state index in [-0.39, 0.29) is 5.97 Å². The van der Waals surface area contributed by atoms with E-state index in [1.807, 2.05) is 18.2 Å². The zero-order valence-corrected chi connectivity index (χ0v) is 10.0. The molecule has 0 bridgehead atoms. The van der Waals surface area contributed by atoms with Gasteiger partial charge in [0.25, 0.3) is 0 Å². The van der Waals surface area contributed by atoms with Crippen molar-refractivity contribution >= 4 is 11.7 Å². The average molecular weight is 233 g/mol. The summed E-state index contributed by atoms with van der Waals surface area (Å²) in [7, 11) is 0. The predicted octanol–water partition coefficient (Wildman–Crippen LogP) is 2.71. The molecule has 0 radical (unpaired) electrons. The fraction of sp³-hybridized carbons (Fsp3) is 0.357. The maximum absolute atomic E-state index is 10.7. The van der Waals surface area contributed by atoms with Crippen LogP contribution in [0.4, 0.5) is 5.69 Å². The van der Waals surface area contributed by atoms with Crippen molar-refractivity contribution in [3.63, 3.8) is 0 Å². The maximum atomic E-state index is 10.7. The smallest absolute Gasteiger partial charge is 0.330 e. The molecule has 0 unspecified atom stereocenters. The maximum Gasteiger partial charge on any atom is 0.330 e. The van der Waals surface area contributed by atoms with E-state index in [2.05, 4.69) is 12.6 Å². The number of benzene rings is 1. The van der Waals surface area contributed by atoms with Crippen molar-refractivity contribution in [2.45, 2.75) is 25.7 Å². The Morgan fingerprint density at radius 2 is 2.18 bits per heavy atom. The van der Waals surface area contributed by atoms with Crippen molar-refractivity contribution in [1.29, 1.82) is 0 Å². The summed E-state index contributed by atoms with van der Waals surface area (Å²) in [5.41, 5.74) is 7.76. The standard InChI is InChI=1S/C14H19NO2/c1-2-14(16)17-10-5-3-4-7-12-8-6-9-13(15)11-12/h2,6,8-9,11H,1,3-5,7,10,15H2. The largest absolute Gasteiger partial charge is 0.463 e. The molecule has 1 aromatic carbocycles. The summed E-state index contributed by atoms with van der Waals surface area (Å²) in [6, 6.07) is 7.93. The SMILES string of the molecule is C=CC(=O)OCCCCCc1cccc(N)c1. The number of anilines is 1. The second-order valence-corrected chi connectivity index (χ2v) is 3.93. The van der Waals surface area contributed by atoms with Gasteiger partial charge in [-0.25, -0.2) is 4.79 Å². The topological polar surface area (TPSA) is 52.3 Å². The molecule has 3 nitrogen and oxygen atoms in total. The highest BCUT2D eigenvalue weighted by molar-refractivity contribution is 5.81. The fourth-order valence-electron chi connectivity index (χ4n) is 1.59. The molecule has 0 saturated heterocycles. The van der Waals surface area contributed by atoms with Gasteiger partial charge in [0, 0.05) is 11.8 Å². The van der Waals surface area contributed by atoms with Crippen LogP contribution in [0.2, 0.25) is 0 Å². The lowest BCUT2D eigenvalue weighted by molar-refractivity contribution is -0.137. The lowest BCUT2D eigenvalue weighted by atomic mass is 10.1. The molecule has 17 heavy (non-hydrogen) atoms. The Balaban J connectivity index is 2.08. The minimum absolute atomic E-state index is 0.346. The second kappa shape index (κ2) is 7.49. The van der Waals surface area contributed by atoms with Crippen molar-refractivity contribution in [3.8, 4) is 0 Å². The molecule has 2 N–H and O–H groups in total. The Labute approximate surface area is 102 Å². The molecular weight excluding hydrogens is 214 g/mol. The predicted molar refractivity (Wildman–Crippen MR) is 69.6 cm³/mol. The van der Waals surface area contributed by atoms with Crippen LogP contribution in [-0.4, -0.2) is 12.6 Å². The molecule has 3 heteroatoms. The van der Waals surface area contributed by atoms with Gasteiger partial charge in [0.05, 0.1) is 6.61 Å². The van der Waals surface area contributed by atoms with Crippen LogP contribution in [-0.2, 0) is 16.0 Å². The third-order valence-electron chi connectivity index (χ3n) is 2.47. The number of aryl methyl sites for hydroxylation is 1. The van der Waals surface area contributed by atoms with Gasteiger partial charge in [0.15, 0.2) is 0 Å². The summed E-state index contributed by atoms with van der Waals surface area (Å²) in [5.74, 6) is -0.346. The van der Waals surface area contributed by atoms with Gasteiger partial charge in [-0.3, -0.25) is 0 Å². The minimum atomic E-state index is -0.346. The molecule has 0 aliphatic carbocycles. The van der Waals surface area contributed by atoms with Crippen LogP contribution in [0.3, 0.4) is 0 Å². The molecule has 1 aromatic rings. The molecule has 0 atom stereocenters. The first-order valence-corrected chi connectivity index (χ1v) is 5.86. The second-order valence-electron chi connectivity index (χ2n) is 3.93. The Hall–Kier alpha value is -1.77. The van der Waals surface area contributed by atoms with Gasteiger partial charge in [-0.2, -0.15) is 0 Å². The molecule has 0 aromatic heterocycles. The van der Waals surface area contributed by atoms with Gasteiger partial charge in [-0.1, -0.05) is 18.7 Å². The van der Waals surface area contributed by atoms with Crippen molar-refractivity contribution < 1.29 is 9.53 Å². The average Bonchev–Trinajstić information content (AvgIpc) is 2.33.